The Hall–Kier alpha value is -0.340. The van der Waals surface area contributed by atoms with E-state index in [4.69, 9.17) is 10.4 Å². The molecule has 0 amide bonds. The van der Waals surface area contributed by atoms with Crippen LogP contribution in [-0.4, -0.2) is 32.8 Å². The van der Waals surface area contributed by atoms with Gasteiger partial charge in [0.2, 0.25) is 0 Å². The molecule has 0 spiro atoms. The van der Waals surface area contributed by atoms with Crippen LogP contribution in [0.5, 0.6) is 0 Å². The lowest BCUT2D eigenvalue weighted by Crippen LogP contribution is -2.35. The van der Waals surface area contributed by atoms with Crippen LogP contribution in [-0.2, 0) is 14.2 Å². The first-order chi connectivity index (χ1) is 6.65. The highest BCUT2D eigenvalue weighted by molar-refractivity contribution is 7.95. The third-order valence-electron chi connectivity index (χ3n) is 2.29. The summed E-state index contributed by atoms with van der Waals surface area (Å²) in [7, 11) is 0. The van der Waals surface area contributed by atoms with Gasteiger partial charge in [-0.3, -0.25) is 4.79 Å². The normalized spacial score (nSPS) is 32.9. The molecule has 1 fully saturated rings. The van der Waals surface area contributed by atoms with E-state index in [2.05, 4.69) is 9.37 Å². The van der Waals surface area contributed by atoms with Crippen molar-refractivity contribution in [1.29, 1.82) is 0 Å². The number of aliphatic hydroxyl groups excluding tert-OH is 1. The number of aliphatic carboxylic acids is 1. The molecule has 0 aromatic heterocycles. The van der Waals surface area contributed by atoms with Gasteiger partial charge in [-0.2, -0.15) is 0 Å². The monoisotopic (exact) mass is 224 g/mol. The molecule has 0 bridgehead atoms. The molecular formula is C7H12O6S. The molecule has 0 radical (unpaired) electrons. The molecule has 1 saturated carbocycles. The van der Waals surface area contributed by atoms with Gasteiger partial charge in [0.1, 0.15) is 0 Å². The topological polar surface area (TPSA) is 96.2 Å². The highest BCUT2D eigenvalue weighted by atomic mass is 32.2. The van der Waals surface area contributed by atoms with Crippen molar-refractivity contribution < 1.29 is 29.6 Å². The van der Waals surface area contributed by atoms with Crippen molar-refractivity contribution in [2.75, 3.05) is 0 Å². The Kier molecular flexibility index (Phi) is 4.63. The summed E-state index contributed by atoms with van der Waals surface area (Å²) >= 11 is 0.874. The first-order valence-electron chi connectivity index (χ1n) is 4.19. The highest BCUT2D eigenvalue weighted by Gasteiger charge is 2.34. The number of carbonyl (C=O) groups is 1. The zero-order valence-electron chi connectivity index (χ0n) is 7.33. The molecule has 0 heterocycles. The van der Waals surface area contributed by atoms with E-state index in [9.17, 15) is 9.90 Å². The van der Waals surface area contributed by atoms with E-state index in [-0.39, 0.29) is 5.25 Å². The zero-order valence-corrected chi connectivity index (χ0v) is 8.14. The largest absolute Gasteiger partial charge is 0.481 e. The minimum absolute atomic E-state index is 0.0772. The van der Waals surface area contributed by atoms with Crippen LogP contribution in [0.25, 0.3) is 0 Å². The van der Waals surface area contributed by atoms with E-state index >= 15 is 0 Å². The van der Waals surface area contributed by atoms with Crippen LogP contribution >= 0.6 is 12.0 Å². The second-order valence-corrected chi connectivity index (χ2v) is 4.18. The molecule has 3 N–H and O–H groups in total. The summed E-state index contributed by atoms with van der Waals surface area (Å²) in [4.78, 5) is 10.7. The van der Waals surface area contributed by atoms with Gasteiger partial charge < -0.3 is 10.2 Å². The maximum Gasteiger partial charge on any atom is 0.309 e. The van der Waals surface area contributed by atoms with Crippen LogP contribution in [0.2, 0.25) is 0 Å². The van der Waals surface area contributed by atoms with Gasteiger partial charge in [0.25, 0.3) is 0 Å². The summed E-state index contributed by atoms with van der Waals surface area (Å²) < 4.78 is 4.23. The molecule has 3 unspecified atom stereocenters. The smallest absolute Gasteiger partial charge is 0.309 e. The van der Waals surface area contributed by atoms with Gasteiger partial charge in [0.05, 0.1) is 12.0 Å². The van der Waals surface area contributed by atoms with Crippen LogP contribution in [0, 0.1) is 5.92 Å². The van der Waals surface area contributed by atoms with Crippen LogP contribution in [0.4, 0.5) is 0 Å². The lowest BCUT2D eigenvalue weighted by atomic mass is 9.86. The van der Waals surface area contributed by atoms with Crippen molar-refractivity contribution in [2.24, 2.45) is 5.92 Å². The quantitative estimate of drug-likeness (QED) is 0.367. The van der Waals surface area contributed by atoms with Gasteiger partial charge in [-0.05, 0) is 19.3 Å². The predicted molar refractivity (Wildman–Crippen MR) is 47.2 cm³/mol. The van der Waals surface area contributed by atoms with Crippen LogP contribution < -0.4 is 0 Å². The van der Waals surface area contributed by atoms with Crippen molar-refractivity contribution in [3.05, 3.63) is 0 Å². The van der Waals surface area contributed by atoms with Crippen molar-refractivity contribution in [3.8, 4) is 0 Å². The van der Waals surface area contributed by atoms with Crippen molar-refractivity contribution >= 4 is 18.0 Å². The molecule has 1 aliphatic carbocycles. The Morgan fingerprint density at radius 3 is 2.71 bits per heavy atom. The van der Waals surface area contributed by atoms with Crippen molar-refractivity contribution in [1.82, 2.24) is 0 Å². The molecule has 7 heteroatoms. The van der Waals surface area contributed by atoms with E-state index in [0.29, 0.717) is 19.3 Å². The molecule has 82 valence electrons. The molecule has 1 rings (SSSR count). The van der Waals surface area contributed by atoms with Gasteiger partial charge in [-0.15, -0.1) is 4.33 Å². The minimum atomic E-state index is -1.01. The summed E-state index contributed by atoms with van der Waals surface area (Å²) in [6.45, 7) is 0. The number of hydrogen-bond acceptors (Lipinski definition) is 6. The number of carboxylic acid groups (broad SMARTS) is 1. The van der Waals surface area contributed by atoms with Gasteiger partial charge in [0, 0.05) is 17.3 Å². The first kappa shape index (κ1) is 11.7. The molecule has 0 aromatic carbocycles. The van der Waals surface area contributed by atoms with E-state index in [0.717, 1.165) is 12.0 Å². The molecule has 0 aliphatic heterocycles. The third kappa shape index (κ3) is 3.10. The maximum atomic E-state index is 10.7. The SMILES string of the molecule is O=C(O)C1CC(SOOO)CCC1O. The van der Waals surface area contributed by atoms with Crippen LogP contribution in [0.15, 0.2) is 0 Å². The van der Waals surface area contributed by atoms with E-state index < -0.39 is 18.0 Å². The second-order valence-electron chi connectivity index (χ2n) is 3.19. The van der Waals surface area contributed by atoms with Crippen LogP contribution in [0.3, 0.4) is 0 Å². The van der Waals surface area contributed by atoms with Crippen LogP contribution in [0.1, 0.15) is 19.3 Å². The minimum Gasteiger partial charge on any atom is -0.481 e. The van der Waals surface area contributed by atoms with Gasteiger partial charge in [-0.1, -0.05) is 5.04 Å². The van der Waals surface area contributed by atoms with Crippen molar-refractivity contribution in [2.45, 2.75) is 30.6 Å². The first-order valence-corrected chi connectivity index (χ1v) is 5.00. The molecule has 0 saturated heterocycles. The second kappa shape index (κ2) is 5.52. The summed E-state index contributed by atoms with van der Waals surface area (Å²) in [5.74, 6) is -1.77. The number of rotatable bonds is 4. The maximum absolute atomic E-state index is 10.7. The van der Waals surface area contributed by atoms with Gasteiger partial charge >= 0.3 is 5.97 Å². The summed E-state index contributed by atoms with van der Waals surface area (Å²) in [6, 6.07) is 0. The molecule has 6 nitrogen and oxygen atoms in total. The lowest BCUT2D eigenvalue weighted by molar-refractivity contribution is -0.432. The van der Waals surface area contributed by atoms with E-state index in [1.54, 1.807) is 0 Å². The average Bonchev–Trinajstić information content (AvgIpc) is 2.16. The molecule has 1 aliphatic rings. The molecule has 0 aromatic rings. The van der Waals surface area contributed by atoms with Gasteiger partial charge in [-0.25, -0.2) is 5.26 Å². The highest BCUT2D eigenvalue weighted by Crippen LogP contribution is 2.33. The average molecular weight is 224 g/mol. The Morgan fingerprint density at radius 2 is 2.14 bits per heavy atom. The molecular weight excluding hydrogens is 212 g/mol. The number of carboxylic acids is 1. The fourth-order valence-corrected chi connectivity index (χ4v) is 2.21. The van der Waals surface area contributed by atoms with Crippen molar-refractivity contribution in [3.63, 3.8) is 0 Å². The predicted octanol–water partition coefficient (Wildman–Crippen LogP) is 0.670. The Balaban J connectivity index is 2.41. The molecule has 14 heavy (non-hydrogen) atoms. The Morgan fingerprint density at radius 1 is 1.43 bits per heavy atom. The van der Waals surface area contributed by atoms with Gasteiger partial charge in [0.15, 0.2) is 0 Å². The third-order valence-corrected chi connectivity index (χ3v) is 3.13. The Labute approximate surface area is 84.9 Å². The Bertz CT molecular complexity index is 197. The fourth-order valence-electron chi connectivity index (χ4n) is 1.54. The lowest BCUT2D eigenvalue weighted by Gasteiger charge is -2.28. The molecule has 3 atom stereocenters. The number of hydrogen-bond donors (Lipinski definition) is 3. The fraction of sp³-hybridized carbons (Fsp3) is 0.857. The summed E-state index contributed by atoms with van der Waals surface area (Å²) in [6.07, 6.45) is 0.576. The van der Waals surface area contributed by atoms with E-state index in [1.807, 2.05) is 0 Å². The zero-order chi connectivity index (χ0) is 10.6. The number of aliphatic hydroxyl groups is 1. The van der Waals surface area contributed by atoms with E-state index in [1.165, 1.54) is 0 Å². The summed E-state index contributed by atoms with van der Waals surface area (Å²) in [5, 5.41) is 29.4. The standard InChI is InChI=1S/C7H12O6S/c8-6-2-1-4(14-13-12-11)3-5(6)7(9)10/h4-6,8,11H,1-3H2,(H,9,10). The summed E-state index contributed by atoms with van der Waals surface area (Å²) in [5.41, 5.74) is 0.